The van der Waals surface area contributed by atoms with E-state index in [2.05, 4.69) is 23.7 Å². The summed E-state index contributed by atoms with van der Waals surface area (Å²) in [5.74, 6) is 10.2. The molecule has 76 valence electrons. The lowest BCUT2D eigenvalue weighted by atomic mass is 9.85. The fraction of sp³-hybridized carbons (Fsp3) is 0.250. The van der Waals surface area contributed by atoms with E-state index in [-0.39, 0.29) is 0 Å². The highest BCUT2D eigenvalue weighted by molar-refractivity contribution is 5.49. The predicted molar refractivity (Wildman–Crippen MR) is 67.9 cm³/mol. The van der Waals surface area contributed by atoms with Crippen LogP contribution in [0.3, 0.4) is 0 Å². The molecule has 0 radical (unpaired) electrons. The van der Waals surface area contributed by atoms with Crippen molar-refractivity contribution >= 4 is 0 Å². The molecule has 1 aliphatic carbocycles. The molecule has 0 spiro atoms. The van der Waals surface area contributed by atoms with Gasteiger partial charge in [-0.2, -0.15) is 0 Å². The molecule has 1 rings (SSSR count). The van der Waals surface area contributed by atoms with Gasteiger partial charge >= 0.3 is 0 Å². The minimum atomic E-state index is 0.682. The summed E-state index contributed by atoms with van der Waals surface area (Å²) in [6, 6.07) is 0. The third-order valence-electron chi connectivity index (χ3n) is 2.74. The second kappa shape index (κ2) is 5.56. The Morgan fingerprint density at radius 3 is 1.06 bits per heavy atom. The van der Waals surface area contributed by atoms with Crippen molar-refractivity contribution in [2.24, 2.45) is 0 Å². The molecule has 0 aromatic heterocycles. The van der Waals surface area contributed by atoms with Crippen molar-refractivity contribution < 1.29 is 0 Å². The molecule has 0 unspecified atom stereocenters. The Morgan fingerprint density at radius 1 is 0.625 bits per heavy atom. The molecule has 0 nitrogen and oxygen atoms in total. The monoisotopic (exact) mass is 204 g/mol. The summed E-state index contributed by atoms with van der Waals surface area (Å²) >= 11 is 0. The Balaban J connectivity index is 2.91. The largest absolute Gasteiger partial charge is 0.114 e. The van der Waals surface area contributed by atoms with E-state index in [1.54, 1.807) is 0 Å². The molecular weight excluding hydrogens is 192 g/mol. The number of hydrogen-bond donors (Lipinski definition) is 0. The van der Waals surface area contributed by atoms with Crippen molar-refractivity contribution in [3.8, 4) is 49.4 Å². The van der Waals surface area contributed by atoms with Crippen molar-refractivity contribution in [2.75, 3.05) is 0 Å². The van der Waals surface area contributed by atoms with E-state index in [0.717, 1.165) is 25.7 Å². The van der Waals surface area contributed by atoms with Gasteiger partial charge in [-0.1, -0.05) is 23.7 Å². The molecule has 0 heteroatoms. The zero-order chi connectivity index (χ0) is 12.0. The van der Waals surface area contributed by atoms with Gasteiger partial charge in [-0.15, -0.1) is 25.7 Å². The summed E-state index contributed by atoms with van der Waals surface area (Å²) in [5, 5.41) is 0. The van der Waals surface area contributed by atoms with E-state index < -0.39 is 0 Å². The van der Waals surface area contributed by atoms with Crippen LogP contribution in [0.15, 0.2) is 22.3 Å². The zero-order valence-electron chi connectivity index (χ0n) is 9.14. The first-order valence-corrected chi connectivity index (χ1v) is 5.07. The summed E-state index contributed by atoms with van der Waals surface area (Å²) < 4.78 is 0. The lowest BCUT2D eigenvalue weighted by molar-refractivity contribution is 0.722. The predicted octanol–water partition coefficient (Wildman–Crippen LogP) is 2.69. The normalized spacial score (nSPS) is 14.0. The Morgan fingerprint density at radius 2 is 0.875 bits per heavy atom. The second-order valence-corrected chi connectivity index (χ2v) is 3.53. The van der Waals surface area contributed by atoms with E-state index in [1.807, 2.05) is 0 Å². The highest BCUT2D eigenvalue weighted by Crippen LogP contribution is 2.31. The SMILES string of the molecule is C#CC(C#C)=C1CCC(=C(C#C)C#C)CC1. The molecule has 0 amide bonds. The average Bonchev–Trinajstić information content (AvgIpc) is 2.34. The van der Waals surface area contributed by atoms with E-state index in [9.17, 15) is 0 Å². The molecule has 1 saturated carbocycles. The first-order chi connectivity index (χ1) is 7.76. The van der Waals surface area contributed by atoms with Gasteiger partial charge in [0.15, 0.2) is 0 Å². The van der Waals surface area contributed by atoms with Crippen LogP contribution in [0, 0.1) is 49.4 Å². The molecule has 0 saturated heterocycles. The van der Waals surface area contributed by atoms with Crippen molar-refractivity contribution in [1.29, 1.82) is 0 Å². The number of hydrogen-bond acceptors (Lipinski definition) is 0. The van der Waals surface area contributed by atoms with E-state index in [1.165, 1.54) is 11.1 Å². The van der Waals surface area contributed by atoms with E-state index in [0.29, 0.717) is 11.1 Å². The van der Waals surface area contributed by atoms with Crippen LogP contribution in [0.5, 0.6) is 0 Å². The van der Waals surface area contributed by atoms with Crippen LogP contribution in [0.2, 0.25) is 0 Å². The molecule has 0 aromatic rings. The van der Waals surface area contributed by atoms with Gasteiger partial charge in [0.05, 0.1) is 11.1 Å². The summed E-state index contributed by atoms with van der Waals surface area (Å²) in [5.41, 5.74) is 3.70. The molecule has 0 N–H and O–H groups in total. The second-order valence-electron chi connectivity index (χ2n) is 3.53. The van der Waals surface area contributed by atoms with Crippen LogP contribution in [0.4, 0.5) is 0 Å². The number of terminal acetylenes is 4. The third-order valence-corrected chi connectivity index (χ3v) is 2.74. The van der Waals surface area contributed by atoms with Crippen LogP contribution < -0.4 is 0 Å². The van der Waals surface area contributed by atoms with Crippen LogP contribution in [0.25, 0.3) is 0 Å². The van der Waals surface area contributed by atoms with Crippen LogP contribution in [-0.4, -0.2) is 0 Å². The zero-order valence-corrected chi connectivity index (χ0v) is 9.14. The van der Waals surface area contributed by atoms with Crippen LogP contribution >= 0.6 is 0 Å². The van der Waals surface area contributed by atoms with Crippen molar-refractivity contribution in [2.45, 2.75) is 25.7 Å². The number of rotatable bonds is 0. The van der Waals surface area contributed by atoms with Crippen molar-refractivity contribution in [1.82, 2.24) is 0 Å². The minimum absolute atomic E-state index is 0.682. The van der Waals surface area contributed by atoms with E-state index in [4.69, 9.17) is 25.7 Å². The van der Waals surface area contributed by atoms with Crippen LogP contribution in [-0.2, 0) is 0 Å². The third kappa shape index (κ3) is 2.39. The van der Waals surface area contributed by atoms with Gasteiger partial charge in [-0.25, -0.2) is 0 Å². The Labute approximate surface area is 97.8 Å². The first kappa shape index (κ1) is 11.8. The molecule has 0 bridgehead atoms. The summed E-state index contributed by atoms with van der Waals surface area (Å²) in [6.07, 6.45) is 24.8. The molecule has 1 aliphatic rings. The quantitative estimate of drug-likeness (QED) is 0.532. The Kier molecular flexibility index (Phi) is 4.10. The maximum absolute atomic E-state index is 5.33. The fourth-order valence-corrected chi connectivity index (χ4v) is 1.85. The van der Waals surface area contributed by atoms with Crippen molar-refractivity contribution in [3.63, 3.8) is 0 Å². The lowest BCUT2D eigenvalue weighted by Gasteiger charge is -2.18. The first-order valence-electron chi connectivity index (χ1n) is 5.07. The van der Waals surface area contributed by atoms with E-state index >= 15 is 0 Å². The van der Waals surface area contributed by atoms with Crippen molar-refractivity contribution in [3.05, 3.63) is 22.3 Å². The summed E-state index contributed by atoms with van der Waals surface area (Å²) in [6.45, 7) is 0. The highest BCUT2D eigenvalue weighted by atomic mass is 14.2. The minimum Gasteiger partial charge on any atom is -0.114 e. The molecule has 0 atom stereocenters. The standard InChI is InChI=1S/C16H12/c1-5-13(6-2)15-9-11-16(12-10-15)14(7-3)8-4/h1-4H,9-12H2. The Hall–Kier alpha value is -2.28. The summed E-state index contributed by atoms with van der Waals surface area (Å²) in [4.78, 5) is 0. The topological polar surface area (TPSA) is 0 Å². The van der Waals surface area contributed by atoms with Crippen LogP contribution in [0.1, 0.15) is 25.7 Å². The molecule has 16 heavy (non-hydrogen) atoms. The molecule has 1 fully saturated rings. The van der Waals surface area contributed by atoms with Gasteiger partial charge in [0.25, 0.3) is 0 Å². The maximum Gasteiger partial charge on any atom is 0.0730 e. The number of allylic oxidation sites excluding steroid dienone is 4. The lowest BCUT2D eigenvalue weighted by Crippen LogP contribution is -2.02. The van der Waals surface area contributed by atoms with Gasteiger partial charge in [0.2, 0.25) is 0 Å². The Bertz CT molecular complexity index is 416. The van der Waals surface area contributed by atoms with Gasteiger partial charge in [-0.3, -0.25) is 0 Å². The highest BCUT2D eigenvalue weighted by Gasteiger charge is 2.14. The van der Waals surface area contributed by atoms with Gasteiger partial charge in [0.1, 0.15) is 0 Å². The fourth-order valence-electron chi connectivity index (χ4n) is 1.85. The molecular formula is C16H12. The molecule has 0 aromatic carbocycles. The molecule has 0 heterocycles. The van der Waals surface area contributed by atoms with Gasteiger partial charge in [0, 0.05) is 0 Å². The summed E-state index contributed by atoms with van der Waals surface area (Å²) in [7, 11) is 0. The van der Waals surface area contributed by atoms with Gasteiger partial charge in [-0.05, 0) is 36.8 Å². The smallest absolute Gasteiger partial charge is 0.0730 e. The molecule has 0 aliphatic heterocycles. The average molecular weight is 204 g/mol. The maximum atomic E-state index is 5.33. The van der Waals surface area contributed by atoms with Gasteiger partial charge < -0.3 is 0 Å².